The van der Waals surface area contributed by atoms with Crippen LogP contribution in [0.5, 0.6) is 0 Å². The van der Waals surface area contributed by atoms with E-state index in [0.717, 1.165) is 30.4 Å². The average Bonchev–Trinajstić information content (AvgIpc) is 2.44. The number of Topliss-reactive ketones (excluding diaryl/α,β-unsaturated/α-hetero) is 1. The average molecular weight is 258 g/mol. The molecule has 0 atom stereocenters. The molecule has 0 amide bonds. The minimum atomic E-state index is -0.234. The molecule has 0 aliphatic heterocycles. The highest BCUT2D eigenvalue weighted by atomic mass is 19.1. The lowest BCUT2D eigenvalue weighted by Gasteiger charge is -2.38. The number of carbonyl (C=O) groups excluding carboxylic acids is 1. The van der Waals surface area contributed by atoms with Gasteiger partial charge in [0.25, 0.3) is 0 Å². The van der Waals surface area contributed by atoms with Gasteiger partial charge in [-0.25, -0.2) is 4.39 Å². The van der Waals surface area contributed by atoms with E-state index in [0.29, 0.717) is 18.6 Å². The van der Waals surface area contributed by atoms with E-state index in [2.05, 4.69) is 11.8 Å². The molecule has 1 fully saturated rings. The summed E-state index contributed by atoms with van der Waals surface area (Å²) in [5.74, 6) is 6.24. The lowest BCUT2D eigenvalue weighted by atomic mass is 9.65. The summed E-state index contributed by atoms with van der Waals surface area (Å²) in [4.78, 5) is 11.4. The maximum atomic E-state index is 13.2. The Morgan fingerprint density at radius 1 is 1.21 bits per heavy atom. The Kier molecular flexibility index (Phi) is 4.04. The van der Waals surface area contributed by atoms with Crippen LogP contribution in [-0.4, -0.2) is 5.78 Å². The lowest BCUT2D eigenvalue weighted by molar-refractivity contribution is -0.121. The van der Waals surface area contributed by atoms with E-state index in [4.69, 9.17) is 0 Å². The van der Waals surface area contributed by atoms with Crippen molar-refractivity contribution in [3.8, 4) is 11.8 Å². The predicted octanol–water partition coefficient (Wildman–Crippen LogP) is 3.99. The molecule has 100 valence electrons. The van der Waals surface area contributed by atoms with Crippen molar-refractivity contribution in [2.75, 3.05) is 0 Å². The van der Waals surface area contributed by atoms with Gasteiger partial charge >= 0.3 is 0 Å². The molecule has 3 rings (SSSR count). The third kappa shape index (κ3) is 2.56. The molecule has 0 heterocycles. The highest BCUT2D eigenvalue weighted by molar-refractivity contribution is 5.80. The molecule has 0 bridgehead atoms. The Balaban J connectivity index is 0.000000637. The number of hydrogen-bond acceptors (Lipinski definition) is 1. The van der Waals surface area contributed by atoms with E-state index in [1.54, 1.807) is 0 Å². The first-order chi connectivity index (χ1) is 9.20. The zero-order chi connectivity index (χ0) is 13.9. The Morgan fingerprint density at radius 2 is 1.89 bits per heavy atom. The van der Waals surface area contributed by atoms with Crippen LogP contribution in [0.2, 0.25) is 0 Å². The second-order valence-electron chi connectivity index (χ2n) is 4.99. The number of rotatable bonds is 0. The van der Waals surface area contributed by atoms with E-state index in [1.165, 1.54) is 12.1 Å². The van der Waals surface area contributed by atoms with Crippen LogP contribution in [0, 0.1) is 17.7 Å². The summed E-state index contributed by atoms with van der Waals surface area (Å²) < 4.78 is 13.2. The first kappa shape index (κ1) is 13.8. The Bertz CT molecular complexity index is 538. The topological polar surface area (TPSA) is 17.1 Å². The molecule has 1 aromatic carbocycles. The van der Waals surface area contributed by atoms with Crippen molar-refractivity contribution in [1.29, 1.82) is 0 Å². The number of fused-ring (bicyclic) bond motifs is 2. The number of hydrogen-bond donors (Lipinski definition) is 0. The van der Waals surface area contributed by atoms with Crippen LogP contribution < -0.4 is 0 Å². The van der Waals surface area contributed by atoms with E-state index in [9.17, 15) is 9.18 Å². The van der Waals surface area contributed by atoms with Gasteiger partial charge in [-0.15, -0.1) is 0 Å². The Hall–Kier alpha value is -1.62. The van der Waals surface area contributed by atoms with Crippen LogP contribution in [0.25, 0.3) is 0 Å². The molecule has 19 heavy (non-hydrogen) atoms. The van der Waals surface area contributed by atoms with Gasteiger partial charge in [0.05, 0.1) is 0 Å². The summed E-state index contributed by atoms with van der Waals surface area (Å²) in [6.07, 6.45) is 3.80. The fraction of sp³-hybridized carbons (Fsp3) is 0.471. The lowest BCUT2D eigenvalue weighted by Crippen LogP contribution is -2.33. The van der Waals surface area contributed by atoms with Crippen molar-refractivity contribution < 1.29 is 9.18 Å². The maximum absolute atomic E-state index is 13.2. The van der Waals surface area contributed by atoms with Gasteiger partial charge in [0.1, 0.15) is 11.6 Å². The first-order valence-electron chi connectivity index (χ1n) is 7.00. The van der Waals surface area contributed by atoms with Crippen LogP contribution >= 0.6 is 0 Å². The quantitative estimate of drug-likeness (QED) is 0.643. The standard InChI is InChI=1S/C15H13FO.C2H6/c16-12-3-4-14-11(10-12)2-1-7-15(14)8-5-13(17)6-9-15;1-2/h3-4,10H,5-9H2;1-2H3. The van der Waals surface area contributed by atoms with Gasteiger partial charge in [-0.3, -0.25) is 4.79 Å². The second kappa shape index (κ2) is 5.57. The van der Waals surface area contributed by atoms with Crippen molar-refractivity contribution in [1.82, 2.24) is 0 Å². The van der Waals surface area contributed by atoms with Gasteiger partial charge in [0.15, 0.2) is 0 Å². The summed E-state index contributed by atoms with van der Waals surface area (Å²) in [7, 11) is 0. The van der Waals surface area contributed by atoms with E-state index in [1.807, 2.05) is 19.9 Å². The van der Waals surface area contributed by atoms with Gasteiger partial charge in [-0.2, -0.15) is 0 Å². The van der Waals surface area contributed by atoms with Gasteiger partial charge in [0, 0.05) is 30.2 Å². The maximum Gasteiger partial charge on any atom is 0.132 e. The zero-order valence-electron chi connectivity index (χ0n) is 11.6. The van der Waals surface area contributed by atoms with Crippen LogP contribution in [0.3, 0.4) is 0 Å². The third-order valence-electron chi connectivity index (χ3n) is 3.97. The molecule has 1 aromatic rings. The molecule has 0 saturated heterocycles. The van der Waals surface area contributed by atoms with Crippen molar-refractivity contribution in [2.24, 2.45) is 0 Å². The molecule has 1 saturated carbocycles. The van der Waals surface area contributed by atoms with Crippen LogP contribution in [0.4, 0.5) is 4.39 Å². The molecule has 2 aliphatic carbocycles. The smallest absolute Gasteiger partial charge is 0.132 e. The fourth-order valence-electron chi connectivity index (χ4n) is 2.94. The monoisotopic (exact) mass is 258 g/mol. The number of benzene rings is 1. The molecular formula is C17H19FO. The largest absolute Gasteiger partial charge is 0.300 e. The normalized spacial score (nSPS) is 18.8. The first-order valence-corrected chi connectivity index (χ1v) is 7.00. The third-order valence-corrected chi connectivity index (χ3v) is 3.97. The Morgan fingerprint density at radius 3 is 2.58 bits per heavy atom. The Labute approximate surface area is 114 Å². The van der Waals surface area contributed by atoms with Crippen molar-refractivity contribution in [3.63, 3.8) is 0 Å². The van der Waals surface area contributed by atoms with Crippen molar-refractivity contribution >= 4 is 5.78 Å². The highest BCUT2D eigenvalue weighted by Gasteiger charge is 2.38. The molecular weight excluding hydrogens is 239 g/mol. The predicted molar refractivity (Wildman–Crippen MR) is 74.4 cm³/mol. The van der Waals surface area contributed by atoms with Crippen LogP contribution in [0.1, 0.15) is 57.1 Å². The summed E-state index contributed by atoms with van der Waals surface area (Å²) >= 11 is 0. The van der Waals surface area contributed by atoms with Crippen LogP contribution in [-0.2, 0) is 10.2 Å². The molecule has 1 nitrogen and oxygen atoms in total. The summed E-state index contributed by atoms with van der Waals surface area (Å²) in [5, 5.41) is 0. The minimum absolute atomic E-state index is 0.00218. The van der Waals surface area contributed by atoms with E-state index < -0.39 is 0 Å². The molecule has 0 N–H and O–H groups in total. The van der Waals surface area contributed by atoms with Gasteiger partial charge in [0.2, 0.25) is 0 Å². The summed E-state index contributed by atoms with van der Waals surface area (Å²) in [6.45, 7) is 4.00. The highest BCUT2D eigenvalue weighted by Crippen LogP contribution is 2.43. The van der Waals surface area contributed by atoms with Crippen molar-refractivity contribution in [3.05, 3.63) is 35.1 Å². The second-order valence-corrected chi connectivity index (χ2v) is 4.99. The van der Waals surface area contributed by atoms with Gasteiger partial charge in [-0.05, 0) is 30.5 Å². The minimum Gasteiger partial charge on any atom is -0.300 e. The number of carbonyl (C=O) groups is 1. The molecule has 0 radical (unpaired) electrons. The van der Waals surface area contributed by atoms with Crippen LogP contribution in [0.15, 0.2) is 18.2 Å². The SMILES string of the molecule is CC.O=C1CCC2(CC#Cc3cc(F)ccc32)CC1. The number of halogens is 1. The van der Waals surface area contributed by atoms with E-state index in [-0.39, 0.29) is 11.2 Å². The van der Waals surface area contributed by atoms with Gasteiger partial charge in [-0.1, -0.05) is 31.8 Å². The van der Waals surface area contributed by atoms with E-state index >= 15 is 0 Å². The zero-order valence-corrected chi connectivity index (χ0v) is 11.6. The number of ketones is 1. The molecule has 0 aromatic heterocycles. The van der Waals surface area contributed by atoms with Crippen molar-refractivity contribution in [2.45, 2.75) is 51.4 Å². The fourth-order valence-corrected chi connectivity index (χ4v) is 2.94. The molecule has 0 unspecified atom stereocenters. The molecule has 1 spiro atoms. The summed E-state index contributed by atoms with van der Waals surface area (Å²) in [5.41, 5.74) is 1.96. The molecule has 2 heteroatoms. The van der Waals surface area contributed by atoms with Gasteiger partial charge < -0.3 is 0 Å². The molecule has 2 aliphatic rings. The summed E-state index contributed by atoms with van der Waals surface area (Å²) in [6, 6.07) is 4.87.